The first-order valence-electron chi connectivity index (χ1n) is 5.16. The highest BCUT2D eigenvalue weighted by atomic mass is 16.3. The first kappa shape index (κ1) is 13.4. The number of anilines is 1. The Morgan fingerprint density at radius 1 is 1.47 bits per heavy atom. The number of urea groups is 1. The molecule has 0 saturated carbocycles. The molecule has 2 amide bonds. The average molecular weight is 242 g/mol. The molecule has 8 nitrogen and oxygen atoms in total. The second-order valence-corrected chi connectivity index (χ2v) is 3.54. The summed E-state index contributed by atoms with van der Waals surface area (Å²) in [6.45, 7) is 1.19. The molecule has 1 aliphatic heterocycles. The summed E-state index contributed by atoms with van der Waals surface area (Å²) in [6, 6.07) is -0.271. The molecule has 0 aliphatic carbocycles. The summed E-state index contributed by atoms with van der Waals surface area (Å²) < 4.78 is 0. The lowest BCUT2D eigenvalue weighted by atomic mass is 10.3. The van der Waals surface area contributed by atoms with E-state index in [1.165, 1.54) is 23.2 Å². The van der Waals surface area contributed by atoms with Crippen LogP contribution in [0, 0.1) is 0 Å². The van der Waals surface area contributed by atoms with Crippen molar-refractivity contribution in [1.29, 1.82) is 0 Å². The fraction of sp³-hybridized carbons (Fsp3) is 0.556. The van der Waals surface area contributed by atoms with E-state index in [0.717, 1.165) is 0 Å². The highest BCUT2D eigenvalue weighted by Crippen LogP contribution is 2.29. The predicted molar refractivity (Wildman–Crippen MR) is 63.2 cm³/mol. The molecule has 1 unspecified atom stereocenters. The third-order valence-electron chi connectivity index (χ3n) is 2.35. The Morgan fingerprint density at radius 3 is 2.59 bits per heavy atom. The van der Waals surface area contributed by atoms with E-state index in [0.29, 0.717) is 24.6 Å². The van der Waals surface area contributed by atoms with Crippen LogP contribution in [0.3, 0.4) is 0 Å². The molecule has 0 fully saturated rings. The number of aliphatic hydroxyl groups is 1. The molecule has 96 valence electrons. The van der Waals surface area contributed by atoms with Crippen molar-refractivity contribution in [2.24, 2.45) is 11.5 Å². The van der Waals surface area contributed by atoms with Crippen LogP contribution in [0.15, 0.2) is 6.33 Å². The van der Waals surface area contributed by atoms with Gasteiger partial charge in [-0.15, -0.1) is 0 Å². The number of hydrogen-bond donors (Lipinski definition) is 4. The summed E-state index contributed by atoms with van der Waals surface area (Å²) in [5, 5.41) is 9.61. The van der Waals surface area contributed by atoms with Crippen molar-refractivity contribution in [3.63, 3.8) is 0 Å². The number of imidazole rings is 1. The molecule has 2 heterocycles. The maximum atomic E-state index is 11.4. The number of nitrogens with two attached hydrogens (primary N) is 2. The van der Waals surface area contributed by atoms with Gasteiger partial charge in [0.2, 0.25) is 0 Å². The van der Waals surface area contributed by atoms with Gasteiger partial charge in [-0.05, 0) is 0 Å². The maximum Gasteiger partial charge on any atom is 0.327 e. The minimum absolute atomic E-state index is 0.271. The van der Waals surface area contributed by atoms with Crippen LogP contribution in [0.25, 0.3) is 0 Å². The molecule has 1 aromatic rings. The van der Waals surface area contributed by atoms with Crippen molar-refractivity contribution in [3.05, 3.63) is 12.0 Å². The van der Waals surface area contributed by atoms with E-state index in [1.54, 1.807) is 7.05 Å². The van der Waals surface area contributed by atoms with Crippen molar-refractivity contribution < 1.29 is 9.90 Å². The van der Waals surface area contributed by atoms with Gasteiger partial charge in [-0.1, -0.05) is 0 Å². The number of rotatable bonds is 1. The average Bonchev–Trinajstić information content (AvgIpc) is 2.83. The van der Waals surface area contributed by atoms with Crippen molar-refractivity contribution in [2.45, 2.75) is 6.23 Å². The van der Waals surface area contributed by atoms with Crippen LogP contribution in [-0.2, 0) is 0 Å². The lowest BCUT2D eigenvalue weighted by molar-refractivity contribution is 0.0410. The van der Waals surface area contributed by atoms with E-state index in [2.05, 4.69) is 9.97 Å². The van der Waals surface area contributed by atoms with E-state index in [9.17, 15) is 9.90 Å². The Balaban J connectivity index is 0.000000317. The molecular weight excluding hydrogens is 224 g/mol. The molecule has 1 aliphatic rings. The second-order valence-electron chi connectivity index (χ2n) is 3.54. The molecule has 8 heteroatoms. The van der Waals surface area contributed by atoms with Gasteiger partial charge in [-0.3, -0.25) is 9.80 Å². The zero-order valence-electron chi connectivity index (χ0n) is 9.92. The number of aliphatic hydroxyl groups excluding tert-OH is 1. The second kappa shape index (κ2) is 5.62. The number of H-pyrrole nitrogens is 1. The van der Waals surface area contributed by atoms with E-state index >= 15 is 0 Å². The molecule has 17 heavy (non-hydrogen) atoms. The molecule has 1 aromatic heterocycles. The third-order valence-corrected chi connectivity index (χ3v) is 2.35. The number of fused-ring (bicyclic) bond motifs is 1. The number of carbonyl (C=O) groups excluding carboxylic acids is 1. The van der Waals surface area contributed by atoms with Gasteiger partial charge in [0.15, 0.2) is 12.0 Å². The normalized spacial score (nSPS) is 18.6. The Hall–Kier alpha value is -1.64. The van der Waals surface area contributed by atoms with Crippen LogP contribution in [0.5, 0.6) is 0 Å². The fourth-order valence-corrected chi connectivity index (χ4v) is 1.38. The van der Waals surface area contributed by atoms with Crippen molar-refractivity contribution in [2.75, 3.05) is 32.1 Å². The van der Waals surface area contributed by atoms with Gasteiger partial charge in [-0.2, -0.15) is 0 Å². The molecule has 6 N–H and O–H groups in total. The van der Waals surface area contributed by atoms with Gasteiger partial charge < -0.3 is 21.6 Å². The summed E-state index contributed by atoms with van der Waals surface area (Å²) in [4.78, 5) is 20.8. The van der Waals surface area contributed by atoms with E-state index in [4.69, 9.17) is 11.5 Å². The number of nitrogens with zero attached hydrogens (tertiary/aromatic N) is 3. The summed E-state index contributed by atoms with van der Waals surface area (Å²) in [5.74, 6) is 0.482. The molecule has 0 spiro atoms. The van der Waals surface area contributed by atoms with Gasteiger partial charge in [-0.25, -0.2) is 9.78 Å². The van der Waals surface area contributed by atoms with Crippen LogP contribution < -0.4 is 16.4 Å². The van der Waals surface area contributed by atoms with Crippen LogP contribution in [-0.4, -0.2) is 53.2 Å². The largest absolute Gasteiger partial charge is 0.368 e. The summed E-state index contributed by atoms with van der Waals surface area (Å²) in [5.41, 5.74) is 10.4. The summed E-state index contributed by atoms with van der Waals surface area (Å²) in [6.07, 6.45) is 0.526. The molecule has 0 aromatic carbocycles. The summed E-state index contributed by atoms with van der Waals surface area (Å²) >= 11 is 0. The quantitative estimate of drug-likeness (QED) is 0.492. The topological polar surface area (TPSA) is 124 Å². The van der Waals surface area contributed by atoms with E-state index in [-0.39, 0.29) is 6.03 Å². The lowest BCUT2D eigenvalue weighted by Gasteiger charge is -2.33. The molecule has 0 radical (unpaired) electrons. The zero-order chi connectivity index (χ0) is 13.0. The number of carbonyl (C=O) groups is 1. The number of aromatic amines is 1. The SMILES string of the molecule is CN1C(=O)N(C)C(O)c2[nH]cnc21.NCCN. The Morgan fingerprint density at radius 2 is 2.06 bits per heavy atom. The van der Waals surface area contributed by atoms with E-state index < -0.39 is 6.23 Å². The Kier molecular flexibility index (Phi) is 4.44. The molecule has 2 rings (SSSR count). The molecule has 1 atom stereocenters. The zero-order valence-corrected chi connectivity index (χ0v) is 9.92. The van der Waals surface area contributed by atoms with Crippen molar-refractivity contribution >= 4 is 11.8 Å². The Bertz CT molecular complexity index is 377. The molecule has 0 saturated heterocycles. The monoisotopic (exact) mass is 242 g/mol. The minimum Gasteiger partial charge on any atom is -0.368 e. The third kappa shape index (κ3) is 2.54. The van der Waals surface area contributed by atoms with Crippen molar-refractivity contribution in [3.8, 4) is 0 Å². The van der Waals surface area contributed by atoms with Gasteiger partial charge in [0.1, 0.15) is 5.69 Å². The highest BCUT2D eigenvalue weighted by molar-refractivity contribution is 5.93. The minimum atomic E-state index is -0.929. The van der Waals surface area contributed by atoms with Crippen LogP contribution >= 0.6 is 0 Å². The maximum absolute atomic E-state index is 11.4. The molecule has 0 bridgehead atoms. The number of nitrogens with one attached hydrogen (secondary N) is 1. The van der Waals surface area contributed by atoms with Crippen LogP contribution in [0.4, 0.5) is 10.6 Å². The smallest absolute Gasteiger partial charge is 0.327 e. The number of hydrogen-bond acceptors (Lipinski definition) is 5. The first-order valence-corrected chi connectivity index (χ1v) is 5.16. The predicted octanol–water partition coefficient (Wildman–Crippen LogP) is -1.19. The van der Waals surface area contributed by atoms with Gasteiger partial charge >= 0.3 is 6.03 Å². The van der Waals surface area contributed by atoms with Crippen LogP contribution in [0.1, 0.15) is 11.9 Å². The van der Waals surface area contributed by atoms with Crippen LogP contribution in [0.2, 0.25) is 0 Å². The number of aromatic nitrogens is 2. The fourth-order valence-electron chi connectivity index (χ4n) is 1.38. The lowest BCUT2D eigenvalue weighted by Crippen LogP contribution is -2.45. The Labute approximate surface area is 99.2 Å². The standard InChI is InChI=1S/C7H10N4O2.C2H8N2/c1-10-5-4(8-3-9-5)6(12)11(2)7(10)13;3-1-2-4/h3,6,12H,1-2H3,(H,8,9);1-4H2. The van der Waals surface area contributed by atoms with Gasteiger partial charge in [0, 0.05) is 27.2 Å². The highest BCUT2D eigenvalue weighted by Gasteiger charge is 2.34. The van der Waals surface area contributed by atoms with Gasteiger partial charge in [0.05, 0.1) is 6.33 Å². The van der Waals surface area contributed by atoms with Gasteiger partial charge in [0.25, 0.3) is 0 Å². The first-order chi connectivity index (χ1) is 8.04. The molecular formula is C9H18N6O2. The summed E-state index contributed by atoms with van der Waals surface area (Å²) in [7, 11) is 3.15. The van der Waals surface area contributed by atoms with Crippen molar-refractivity contribution in [1.82, 2.24) is 14.9 Å². The van der Waals surface area contributed by atoms with E-state index in [1.807, 2.05) is 0 Å². The number of amides is 2.